The van der Waals surface area contributed by atoms with Crippen LogP contribution in [0.4, 0.5) is 4.39 Å². The molecule has 1 aromatic carbocycles. The zero-order valence-corrected chi connectivity index (χ0v) is 11.6. The first-order valence-corrected chi connectivity index (χ1v) is 6.95. The molecule has 0 atom stereocenters. The highest BCUT2D eigenvalue weighted by Gasteiger charge is 2.15. The summed E-state index contributed by atoms with van der Waals surface area (Å²) in [6.45, 7) is 1.39. The second kappa shape index (κ2) is 4.99. The van der Waals surface area contributed by atoms with E-state index in [4.69, 9.17) is 4.74 Å². The molecule has 0 spiro atoms. The van der Waals surface area contributed by atoms with Crippen molar-refractivity contribution in [1.82, 2.24) is 14.5 Å². The molecule has 3 heterocycles. The van der Waals surface area contributed by atoms with Gasteiger partial charge in [-0.1, -0.05) is 6.07 Å². The van der Waals surface area contributed by atoms with Gasteiger partial charge in [0.05, 0.1) is 35.9 Å². The lowest BCUT2D eigenvalue weighted by Gasteiger charge is -2.18. The zero-order chi connectivity index (χ0) is 15.1. The fraction of sp³-hybridized carbons (Fsp3) is 0.188. The first-order chi connectivity index (χ1) is 10.7. The lowest BCUT2D eigenvalue weighted by molar-refractivity contribution is 0.0788. The molecule has 0 unspecified atom stereocenters. The van der Waals surface area contributed by atoms with Gasteiger partial charge in [0.2, 0.25) is 0 Å². The fourth-order valence-corrected chi connectivity index (χ4v) is 2.63. The number of aromatic nitrogens is 3. The third-order valence-electron chi connectivity index (χ3n) is 3.75. The maximum absolute atomic E-state index is 13.0. The third kappa shape index (κ3) is 2.08. The smallest absolute Gasteiger partial charge is 0.261 e. The molecule has 0 saturated carbocycles. The van der Waals surface area contributed by atoms with Crippen molar-refractivity contribution < 1.29 is 9.13 Å². The van der Waals surface area contributed by atoms with Crippen LogP contribution >= 0.6 is 0 Å². The predicted molar refractivity (Wildman–Crippen MR) is 78.8 cm³/mol. The molecule has 1 aliphatic heterocycles. The van der Waals surface area contributed by atoms with Crippen LogP contribution in [0.15, 0.2) is 41.3 Å². The highest BCUT2D eigenvalue weighted by atomic mass is 19.1. The van der Waals surface area contributed by atoms with E-state index in [1.54, 1.807) is 28.8 Å². The Kier molecular flexibility index (Phi) is 2.97. The van der Waals surface area contributed by atoms with E-state index in [-0.39, 0.29) is 11.4 Å². The minimum atomic E-state index is -0.382. The number of pyridine rings is 1. The highest BCUT2D eigenvalue weighted by molar-refractivity contribution is 5.82. The molecule has 0 bridgehead atoms. The van der Waals surface area contributed by atoms with Crippen molar-refractivity contribution >= 4 is 10.9 Å². The van der Waals surface area contributed by atoms with Crippen molar-refractivity contribution in [2.75, 3.05) is 6.61 Å². The monoisotopic (exact) mass is 297 g/mol. The van der Waals surface area contributed by atoms with Crippen molar-refractivity contribution in [3.05, 3.63) is 58.5 Å². The van der Waals surface area contributed by atoms with Crippen LogP contribution in [-0.2, 0) is 17.9 Å². The van der Waals surface area contributed by atoms with E-state index in [9.17, 15) is 9.18 Å². The van der Waals surface area contributed by atoms with E-state index in [2.05, 4.69) is 9.97 Å². The molecule has 0 N–H and O–H groups in total. The van der Waals surface area contributed by atoms with Crippen LogP contribution < -0.4 is 5.56 Å². The van der Waals surface area contributed by atoms with Gasteiger partial charge in [-0.15, -0.1) is 0 Å². The van der Waals surface area contributed by atoms with Crippen molar-refractivity contribution in [1.29, 1.82) is 0 Å². The van der Waals surface area contributed by atoms with Gasteiger partial charge in [-0.25, -0.2) is 9.37 Å². The summed E-state index contributed by atoms with van der Waals surface area (Å²) in [5.41, 5.74) is 1.98. The number of hydrogen-bond donors (Lipinski definition) is 0. The van der Waals surface area contributed by atoms with Crippen LogP contribution in [0.1, 0.15) is 5.82 Å². The number of hydrogen-bond acceptors (Lipinski definition) is 4. The normalized spacial score (nSPS) is 14.0. The van der Waals surface area contributed by atoms with E-state index >= 15 is 0 Å². The van der Waals surface area contributed by atoms with E-state index < -0.39 is 0 Å². The van der Waals surface area contributed by atoms with Crippen molar-refractivity contribution in [3.63, 3.8) is 0 Å². The van der Waals surface area contributed by atoms with Gasteiger partial charge in [-0.3, -0.25) is 14.3 Å². The average molecular weight is 297 g/mol. The lowest BCUT2D eigenvalue weighted by Crippen LogP contribution is -2.31. The van der Waals surface area contributed by atoms with E-state index in [0.717, 1.165) is 5.56 Å². The molecule has 0 aliphatic carbocycles. The Balaban J connectivity index is 1.90. The SMILES string of the molecule is O=c1c2ccc(-c3ccc(F)cn3)cc2nc2n1CCOC2. The Hall–Kier alpha value is -2.60. The lowest BCUT2D eigenvalue weighted by atomic mass is 10.1. The summed E-state index contributed by atoms with van der Waals surface area (Å²) < 4.78 is 20.0. The van der Waals surface area contributed by atoms with Gasteiger partial charge in [0.1, 0.15) is 18.2 Å². The van der Waals surface area contributed by atoms with Gasteiger partial charge >= 0.3 is 0 Å². The molecule has 4 rings (SSSR count). The molecular formula is C16H12FN3O2. The summed E-state index contributed by atoms with van der Waals surface area (Å²) in [7, 11) is 0. The van der Waals surface area contributed by atoms with Gasteiger partial charge in [0.15, 0.2) is 0 Å². The molecule has 1 aliphatic rings. The van der Waals surface area contributed by atoms with Crippen LogP contribution in [0, 0.1) is 5.82 Å². The molecule has 3 aromatic rings. The van der Waals surface area contributed by atoms with Crippen LogP contribution in [0.2, 0.25) is 0 Å². The molecule has 0 amide bonds. The number of fused-ring (bicyclic) bond motifs is 2. The molecular weight excluding hydrogens is 285 g/mol. The Morgan fingerprint density at radius 1 is 1.23 bits per heavy atom. The van der Waals surface area contributed by atoms with E-state index in [0.29, 0.717) is 42.2 Å². The second-order valence-electron chi connectivity index (χ2n) is 5.13. The molecule has 5 nitrogen and oxygen atoms in total. The number of nitrogens with zero attached hydrogens (tertiary/aromatic N) is 3. The minimum absolute atomic E-state index is 0.0538. The third-order valence-corrected chi connectivity index (χ3v) is 3.75. The molecule has 0 radical (unpaired) electrons. The summed E-state index contributed by atoms with van der Waals surface area (Å²) in [5, 5.41) is 0.566. The molecule has 0 saturated heterocycles. The quantitative estimate of drug-likeness (QED) is 0.690. The molecule has 0 fully saturated rings. The van der Waals surface area contributed by atoms with Crippen LogP contribution in [0.5, 0.6) is 0 Å². The largest absolute Gasteiger partial charge is 0.372 e. The number of benzene rings is 1. The van der Waals surface area contributed by atoms with Crippen molar-refractivity contribution in [2.24, 2.45) is 0 Å². The minimum Gasteiger partial charge on any atom is -0.372 e. The van der Waals surface area contributed by atoms with Gasteiger partial charge in [-0.05, 0) is 24.3 Å². The topological polar surface area (TPSA) is 57.0 Å². The average Bonchev–Trinajstić information content (AvgIpc) is 2.55. The number of halogens is 1. The standard InChI is InChI=1S/C16H12FN3O2/c17-11-2-4-13(18-8-11)10-1-3-12-14(7-10)19-15-9-22-6-5-20(15)16(12)21/h1-4,7-8H,5-6,9H2. The summed E-state index contributed by atoms with van der Waals surface area (Å²) in [4.78, 5) is 21.0. The van der Waals surface area contributed by atoms with E-state index in [1.807, 2.05) is 0 Å². The Morgan fingerprint density at radius 3 is 2.95 bits per heavy atom. The van der Waals surface area contributed by atoms with Crippen LogP contribution in [0.3, 0.4) is 0 Å². The summed E-state index contributed by atoms with van der Waals surface area (Å²) >= 11 is 0. The second-order valence-corrected chi connectivity index (χ2v) is 5.13. The maximum atomic E-state index is 13.0. The van der Waals surface area contributed by atoms with Crippen LogP contribution in [0.25, 0.3) is 22.2 Å². The molecule has 22 heavy (non-hydrogen) atoms. The van der Waals surface area contributed by atoms with Crippen molar-refractivity contribution in [2.45, 2.75) is 13.2 Å². The predicted octanol–water partition coefficient (Wildman–Crippen LogP) is 2.13. The van der Waals surface area contributed by atoms with Crippen molar-refractivity contribution in [3.8, 4) is 11.3 Å². The zero-order valence-electron chi connectivity index (χ0n) is 11.6. The first kappa shape index (κ1) is 13.1. The number of ether oxygens (including phenoxy) is 1. The Labute approximate surface area is 125 Å². The highest BCUT2D eigenvalue weighted by Crippen LogP contribution is 2.21. The number of rotatable bonds is 1. The fourth-order valence-electron chi connectivity index (χ4n) is 2.63. The summed E-state index contributed by atoms with van der Waals surface area (Å²) in [6.07, 6.45) is 1.17. The first-order valence-electron chi connectivity index (χ1n) is 6.95. The maximum Gasteiger partial charge on any atom is 0.261 e. The van der Waals surface area contributed by atoms with Gasteiger partial charge < -0.3 is 4.74 Å². The van der Waals surface area contributed by atoms with Gasteiger partial charge in [0.25, 0.3) is 5.56 Å². The molecule has 110 valence electrons. The van der Waals surface area contributed by atoms with E-state index in [1.165, 1.54) is 12.3 Å². The Morgan fingerprint density at radius 2 is 2.14 bits per heavy atom. The molecule has 6 heteroatoms. The summed E-state index contributed by atoms with van der Waals surface area (Å²) in [5.74, 6) is 0.250. The van der Waals surface area contributed by atoms with Gasteiger partial charge in [0, 0.05) is 5.56 Å². The summed E-state index contributed by atoms with van der Waals surface area (Å²) in [6, 6.07) is 8.30. The molecule has 2 aromatic heterocycles. The van der Waals surface area contributed by atoms with Gasteiger partial charge in [-0.2, -0.15) is 0 Å². The Bertz CT molecular complexity index is 919. The van der Waals surface area contributed by atoms with Crippen LogP contribution in [-0.4, -0.2) is 21.1 Å².